The number of carbonyl (C=O) groups is 1. The van der Waals surface area contributed by atoms with E-state index in [1.807, 2.05) is 0 Å². The molecule has 7 heteroatoms. The minimum atomic E-state index is -4.70. The summed E-state index contributed by atoms with van der Waals surface area (Å²) in [6.07, 6.45) is 2.02. The maximum Gasteiger partial charge on any atom is 0.417 e. The smallest absolute Gasteiger partial charge is 0.417 e. The highest BCUT2D eigenvalue weighted by atomic mass is 35.5. The molecule has 0 saturated carbocycles. The Morgan fingerprint density at radius 1 is 1.06 bits per heavy atom. The zero-order chi connectivity index (χ0) is 23.2. The van der Waals surface area contributed by atoms with Crippen LogP contribution in [0, 0.1) is 11.8 Å². The second kappa shape index (κ2) is 10.1. The molecule has 0 bridgehead atoms. The average Bonchev–Trinajstić information content (AvgIpc) is 2.69. The average molecular weight is 447 g/mol. The minimum absolute atomic E-state index is 0.00291. The third-order valence-electron chi connectivity index (χ3n) is 4.06. The first-order chi connectivity index (χ1) is 14.5. The van der Waals surface area contributed by atoms with Gasteiger partial charge in [-0.05, 0) is 67.5 Å². The number of hydrogen-bond donors (Lipinski definition) is 2. The van der Waals surface area contributed by atoms with Crippen LogP contribution in [-0.2, 0) is 6.18 Å². The number of aromatic carboxylic acids is 1. The number of alkyl halides is 3. The Morgan fingerprint density at radius 3 is 2.29 bits per heavy atom. The highest BCUT2D eigenvalue weighted by Crippen LogP contribution is 2.34. The molecule has 0 saturated heterocycles. The van der Waals surface area contributed by atoms with Crippen LogP contribution in [0.25, 0.3) is 5.57 Å². The van der Waals surface area contributed by atoms with E-state index in [9.17, 15) is 28.2 Å². The van der Waals surface area contributed by atoms with Crippen molar-refractivity contribution in [3.8, 4) is 17.6 Å². The van der Waals surface area contributed by atoms with E-state index in [-0.39, 0.29) is 11.1 Å². The number of rotatable bonds is 4. The molecule has 2 aromatic carbocycles. The van der Waals surface area contributed by atoms with E-state index in [1.165, 1.54) is 18.2 Å². The van der Waals surface area contributed by atoms with E-state index >= 15 is 0 Å². The number of phenols is 1. The summed E-state index contributed by atoms with van der Waals surface area (Å²) in [7, 11) is 0. The lowest BCUT2D eigenvalue weighted by molar-refractivity contribution is -0.137. The molecule has 2 N–H and O–H groups in total. The third-order valence-corrected chi connectivity index (χ3v) is 4.18. The Kier molecular flexibility index (Phi) is 7.73. The van der Waals surface area contributed by atoms with Crippen LogP contribution >= 0.6 is 11.6 Å². The summed E-state index contributed by atoms with van der Waals surface area (Å²) in [5.74, 6) is 3.52. The summed E-state index contributed by atoms with van der Waals surface area (Å²) in [6, 6.07) is 6.97. The van der Waals surface area contributed by atoms with Gasteiger partial charge in [0.05, 0.1) is 11.1 Å². The van der Waals surface area contributed by atoms with Crippen LogP contribution in [0.15, 0.2) is 65.7 Å². The van der Waals surface area contributed by atoms with Crippen molar-refractivity contribution in [3.05, 3.63) is 93.6 Å². The first-order valence-corrected chi connectivity index (χ1v) is 9.37. The van der Waals surface area contributed by atoms with Crippen molar-refractivity contribution in [1.82, 2.24) is 0 Å². The molecule has 0 atom stereocenters. The molecule has 0 aliphatic carbocycles. The largest absolute Gasteiger partial charge is 0.508 e. The molecule has 0 amide bonds. The monoisotopic (exact) mass is 446 g/mol. The van der Waals surface area contributed by atoms with Gasteiger partial charge >= 0.3 is 12.1 Å². The number of halogens is 4. The van der Waals surface area contributed by atoms with Crippen LogP contribution in [0.2, 0.25) is 0 Å². The fraction of sp³-hybridized carbons (Fsp3) is 0.125. The van der Waals surface area contributed by atoms with Gasteiger partial charge in [-0.3, -0.25) is 0 Å². The summed E-state index contributed by atoms with van der Waals surface area (Å²) in [5, 5.41) is 19.2. The standard InChI is InChI=1S/C24H18ClF3O3/c1-3-4-16(6-5-15(2)25)21-13-19(23(30)31)10-8-17(21)7-9-18-11-12-20(29)14-22(18)24(26,27)28/h3-6,8,10-14,29H,1-2H3,(H,30,31)/b4-3-,15-5+,16-6+. The maximum absolute atomic E-state index is 13.3. The predicted octanol–water partition coefficient (Wildman–Crippen LogP) is 6.61. The van der Waals surface area contributed by atoms with Crippen LogP contribution < -0.4 is 0 Å². The quantitative estimate of drug-likeness (QED) is 0.410. The van der Waals surface area contributed by atoms with Gasteiger partial charge in [-0.25, -0.2) is 4.79 Å². The fourth-order valence-corrected chi connectivity index (χ4v) is 2.72. The van der Waals surface area contributed by atoms with Crippen LogP contribution in [0.1, 0.15) is 46.5 Å². The van der Waals surface area contributed by atoms with Crippen molar-refractivity contribution in [2.45, 2.75) is 20.0 Å². The number of carboxylic acids is 1. The highest BCUT2D eigenvalue weighted by molar-refractivity contribution is 6.29. The van der Waals surface area contributed by atoms with Crippen molar-refractivity contribution in [1.29, 1.82) is 0 Å². The molecule has 0 fully saturated rings. The lowest BCUT2D eigenvalue weighted by atomic mass is 9.96. The van der Waals surface area contributed by atoms with E-state index < -0.39 is 23.5 Å². The van der Waals surface area contributed by atoms with Crippen molar-refractivity contribution in [3.63, 3.8) is 0 Å². The van der Waals surface area contributed by atoms with Crippen molar-refractivity contribution in [2.75, 3.05) is 0 Å². The summed E-state index contributed by atoms with van der Waals surface area (Å²) >= 11 is 5.89. The Bertz CT molecular complexity index is 1140. The molecule has 0 spiro atoms. The second-order valence-corrected chi connectivity index (χ2v) is 7.01. The molecule has 0 unspecified atom stereocenters. The van der Waals surface area contributed by atoms with Crippen molar-refractivity contribution < 1.29 is 28.2 Å². The van der Waals surface area contributed by atoms with Gasteiger partial charge in [0.25, 0.3) is 0 Å². The minimum Gasteiger partial charge on any atom is -0.508 e. The highest BCUT2D eigenvalue weighted by Gasteiger charge is 2.33. The normalized spacial score (nSPS) is 12.6. The summed E-state index contributed by atoms with van der Waals surface area (Å²) in [5.41, 5.74) is -0.0387. The molecule has 0 aliphatic rings. The van der Waals surface area contributed by atoms with Crippen LogP contribution in [0.3, 0.4) is 0 Å². The number of aromatic hydroxyl groups is 1. The molecule has 31 heavy (non-hydrogen) atoms. The number of phenolic OH excluding ortho intramolecular Hbond substituents is 1. The first-order valence-electron chi connectivity index (χ1n) is 8.99. The molecular formula is C24H18ClF3O3. The van der Waals surface area contributed by atoms with Gasteiger partial charge in [0.15, 0.2) is 0 Å². The number of carboxylic acid groups (broad SMARTS) is 1. The zero-order valence-corrected chi connectivity index (χ0v) is 17.3. The molecule has 2 aromatic rings. The van der Waals surface area contributed by atoms with Gasteiger partial charge in [0, 0.05) is 16.2 Å². The Labute approximate surface area is 182 Å². The van der Waals surface area contributed by atoms with E-state index in [0.717, 1.165) is 12.1 Å². The van der Waals surface area contributed by atoms with Gasteiger partial charge in [0.2, 0.25) is 0 Å². The zero-order valence-electron chi connectivity index (χ0n) is 16.6. The van der Waals surface area contributed by atoms with E-state index in [2.05, 4.69) is 11.8 Å². The molecule has 0 heterocycles. The Morgan fingerprint density at radius 2 is 1.71 bits per heavy atom. The summed E-state index contributed by atoms with van der Waals surface area (Å²) < 4.78 is 39.9. The lowest BCUT2D eigenvalue weighted by Crippen LogP contribution is -2.07. The number of benzene rings is 2. The van der Waals surface area contributed by atoms with E-state index in [1.54, 1.807) is 38.2 Å². The first kappa shape index (κ1) is 23.8. The predicted molar refractivity (Wildman–Crippen MR) is 115 cm³/mol. The molecule has 0 radical (unpaired) electrons. The topological polar surface area (TPSA) is 57.5 Å². The number of allylic oxidation sites excluding steroid dienone is 6. The maximum atomic E-state index is 13.3. The fourth-order valence-electron chi connectivity index (χ4n) is 2.65. The van der Waals surface area contributed by atoms with Crippen LogP contribution in [-0.4, -0.2) is 16.2 Å². The lowest BCUT2D eigenvalue weighted by Gasteiger charge is -2.10. The van der Waals surface area contributed by atoms with Crippen LogP contribution in [0.5, 0.6) is 5.75 Å². The SMILES string of the molecule is C\C=C/C(=C\C=C(/C)Cl)c1cc(C(=O)O)ccc1C#Cc1ccc(O)cc1C(F)(F)F. The summed E-state index contributed by atoms with van der Waals surface area (Å²) in [4.78, 5) is 11.4. The van der Waals surface area contributed by atoms with Gasteiger partial charge in [0.1, 0.15) is 5.75 Å². The summed E-state index contributed by atoms with van der Waals surface area (Å²) in [6.45, 7) is 3.44. The molecule has 0 aromatic heterocycles. The van der Waals surface area contributed by atoms with Gasteiger partial charge in [-0.2, -0.15) is 13.2 Å². The van der Waals surface area contributed by atoms with Crippen molar-refractivity contribution >= 4 is 23.1 Å². The van der Waals surface area contributed by atoms with Crippen molar-refractivity contribution in [2.24, 2.45) is 0 Å². The van der Waals surface area contributed by atoms with E-state index in [4.69, 9.17) is 11.6 Å². The Balaban J connectivity index is 2.72. The molecule has 0 aliphatic heterocycles. The van der Waals surface area contributed by atoms with E-state index in [0.29, 0.717) is 27.8 Å². The van der Waals surface area contributed by atoms with Gasteiger partial charge in [-0.1, -0.05) is 41.7 Å². The van der Waals surface area contributed by atoms with Crippen LogP contribution in [0.4, 0.5) is 13.2 Å². The van der Waals surface area contributed by atoms with Gasteiger partial charge < -0.3 is 10.2 Å². The molecule has 2 rings (SSSR count). The van der Waals surface area contributed by atoms with Gasteiger partial charge in [-0.15, -0.1) is 0 Å². The second-order valence-electron chi connectivity index (χ2n) is 6.42. The molecule has 3 nitrogen and oxygen atoms in total. The third kappa shape index (κ3) is 6.53. The molecule has 160 valence electrons. The Hall–Kier alpha value is -3.43. The molecular weight excluding hydrogens is 429 g/mol. The number of hydrogen-bond acceptors (Lipinski definition) is 2.